The average Bonchev–Trinajstić information content (AvgIpc) is 2.76. The number of nitrogens with zero attached hydrogens (tertiary/aromatic N) is 2. The third-order valence-electron chi connectivity index (χ3n) is 5.04. The largest absolute Gasteiger partial charge is 0.371 e. The van der Waals surface area contributed by atoms with Crippen molar-refractivity contribution >= 4 is 29.0 Å². The molecule has 10 heteroatoms. The average molecular weight is 429 g/mol. The van der Waals surface area contributed by atoms with Crippen molar-refractivity contribution in [3.8, 4) is 0 Å². The molecule has 0 spiro atoms. The summed E-state index contributed by atoms with van der Waals surface area (Å²) in [5, 5.41) is 19.3. The molecule has 1 saturated heterocycles. The minimum Gasteiger partial charge on any atom is -0.371 e. The van der Waals surface area contributed by atoms with E-state index in [0.29, 0.717) is 31.0 Å². The number of nitrogens with one attached hydrogen (secondary N) is 3. The third-order valence-corrected chi connectivity index (χ3v) is 5.04. The van der Waals surface area contributed by atoms with Gasteiger partial charge in [0.05, 0.1) is 11.5 Å². The van der Waals surface area contributed by atoms with Crippen molar-refractivity contribution < 1.29 is 18.9 Å². The minimum atomic E-state index is -0.496. The van der Waals surface area contributed by atoms with E-state index in [1.54, 1.807) is 29.2 Å². The van der Waals surface area contributed by atoms with Crippen molar-refractivity contribution in [3.63, 3.8) is 0 Å². The Hall–Kier alpha value is -3.69. The van der Waals surface area contributed by atoms with Crippen LogP contribution in [0.4, 0.5) is 26.2 Å². The lowest BCUT2D eigenvalue weighted by Crippen LogP contribution is -2.46. The highest BCUT2D eigenvalue weighted by Crippen LogP contribution is 2.23. The first-order chi connectivity index (χ1) is 14.9. The smallest absolute Gasteiger partial charge is 0.319 e. The van der Waals surface area contributed by atoms with Gasteiger partial charge in [0.25, 0.3) is 5.69 Å². The summed E-state index contributed by atoms with van der Waals surface area (Å²) in [5.74, 6) is -0.511. The Kier molecular flexibility index (Phi) is 7.36. The number of likely N-dealkylation sites (tertiary alicyclic amines) is 1. The topological polar surface area (TPSA) is 117 Å². The SMILES string of the molecule is O=C(NCC1CCCN(C(=O)CNc2ccccc2[N+](=O)[O-])C1)Nc1cccc(F)c1. The maximum absolute atomic E-state index is 13.2. The molecular weight excluding hydrogens is 405 g/mol. The highest BCUT2D eigenvalue weighted by Gasteiger charge is 2.24. The molecule has 1 fully saturated rings. The van der Waals surface area contributed by atoms with Gasteiger partial charge in [-0.2, -0.15) is 0 Å². The fourth-order valence-electron chi connectivity index (χ4n) is 3.50. The Morgan fingerprint density at radius 3 is 2.77 bits per heavy atom. The van der Waals surface area contributed by atoms with E-state index in [1.165, 1.54) is 24.3 Å². The number of piperidine rings is 1. The number of hydrogen-bond donors (Lipinski definition) is 3. The predicted molar refractivity (Wildman–Crippen MR) is 114 cm³/mol. The van der Waals surface area contributed by atoms with Crippen molar-refractivity contribution in [1.29, 1.82) is 0 Å². The van der Waals surface area contributed by atoms with E-state index in [2.05, 4.69) is 16.0 Å². The van der Waals surface area contributed by atoms with E-state index < -0.39 is 16.8 Å². The number of urea groups is 1. The van der Waals surface area contributed by atoms with E-state index in [0.717, 1.165) is 12.8 Å². The van der Waals surface area contributed by atoms with Gasteiger partial charge in [-0.3, -0.25) is 14.9 Å². The molecule has 3 N–H and O–H groups in total. The molecule has 0 radical (unpaired) electrons. The van der Waals surface area contributed by atoms with Crippen LogP contribution in [0.3, 0.4) is 0 Å². The van der Waals surface area contributed by atoms with Gasteiger partial charge in [0, 0.05) is 31.4 Å². The zero-order valence-electron chi connectivity index (χ0n) is 16.8. The fraction of sp³-hybridized carbons (Fsp3) is 0.333. The lowest BCUT2D eigenvalue weighted by molar-refractivity contribution is -0.383. The van der Waals surface area contributed by atoms with Gasteiger partial charge >= 0.3 is 6.03 Å². The van der Waals surface area contributed by atoms with Crippen LogP contribution in [0.1, 0.15) is 12.8 Å². The number of hydrogen-bond acceptors (Lipinski definition) is 5. The molecular formula is C21H24FN5O4. The van der Waals surface area contributed by atoms with E-state index in [-0.39, 0.29) is 24.1 Å². The molecule has 1 atom stereocenters. The molecule has 0 aromatic heterocycles. The number of amides is 3. The van der Waals surface area contributed by atoms with Gasteiger partial charge in [-0.25, -0.2) is 9.18 Å². The molecule has 1 heterocycles. The van der Waals surface area contributed by atoms with Gasteiger partial charge in [-0.15, -0.1) is 0 Å². The lowest BCUT2D eigenvalue weighted by atomic mass is 9.98. The number of nitro groups is 1. The van der Waals surface area contributed by atoms with E-state index in [4.69, 9.17) is 0 Å². The predicted octanol–water partition coefficient (Wildman–Crippen LogP) is 3.21. The van der Waals surface area contributed by atoms with Crippen LogP contribution >= 0.6 is 0 Å². The van der Waals surface area contributed by atoms with Crippen molar-refractivity contribution in [1.82, 2.24) is 10.2 Å². The van der Waals surface area contributed by atoms with Crippen LogP contribution in [0.25, 0.3) is 0 Å². The second-order valence-electron chi connectivity index (χ2n) is 7.32. The molecule has 9 nitrogen and oxygen atoms in total. The number of anilines is 2. The molecule has 2 aromatic rings. The van der Waals surface area contributed by atoms with Crippen LogP contribution in [-0.2, 0) is 4.79 Å². The molecule has 0 saturated carbocycles. The summed E-state index contributed by atoms with van der Waals surface area (Å²) in [6.45, 7) is 1.41. The Morgan fingerprint density at radius 1 is 1.19 bits per heavy atom. The van der Waals surface area contributed by atoms with Crippen LogP contribution in [-0.4, -0.2) is 47.9 Å². The maximum Gasteiger partial charge on any atom is 0.319 e. The molecule has 1 unspecified atom stereocenters. The number of benzene rings is 2. The normalized spacial score (nSPS) is 15.8. The van der Waals surface area contributed by atoms with Crippen molar-refractivity contribution in [2.24, 2.45) is 5.92 Å². The van der Waals surface area contributed by atoms with Gasteiger partial charge in [-0.1, -0.05) is 18.2 Å². The summed E-state index contributed by atoms with van der Waals surface area (Å²) >= 11 is 0. The summed E-state index contributed by atoms with van der Waals surface area (Å²) in [7, 11) is 0. The number of carbonyl (C=O) groups excluding carboxylic acids is 2. The summed E-state index contributed by atoms with van der Waals surface area (Å²) < 4.78 is 13.2. The molecule has 164 valence electrons. The van der Waals surface area contributed by atoms with E-state index in [9.17, 15) is 24.1 Å². The monoisotopic (exact) mass is 429 g/mol. The first-order valence-electron chi connectivity index (χ1n) is 9.98. The Labute approximate surface area is 178 Å². The second kappa shape index (κ2) is 10.4. The molecule has 3 rings (SSSR count). The number of rotatable bonds is 7. The molecule has 2 aromatic carbocycles. The van der Waals surface area contributed by atoms with Gasteiger partial charge in [0.15, 0.2) is 0 Å². The zero-order valence-corrected chi connectivity index (χ0v) is 16.8. The van der Waals surface area contributed by atoms with Gasteiger partial charge < -0.3 is 20.9 Å². The molecule has 1 aliphatic rings. The molecule has 0 bridgehead atoms. The zero-order chi connectivity index (χ0) is 22.2. The highest BCUT2D eigenvalue weighted by atomic mass is 19.1. The quantitative estimate of drug-likeness (QED) is 0.462. The molecule has 1 aliphatic heterocycles. The fourth-order valence-corrected chi connectivity index (χ4v) is 3.50. The van der Waals surface area contributed by atoms with Crippen LogP contribution in [0.15, 0.2) is 48.5 Å². The third kappa shape index (κ3) is 6.39. The molecule has 31 heavy (non-hydrogen) atoms. The van der Waals surface area contributed by atoms with Crippen LogP contribution in [0.5, 0.6) is 0 Å². The Balaban J connectivity index is 1.46. The summed E-state index contributed by atoms with van der Waals surface area (Å²) in [6, 6.07) is 11.4. The second-order valence-corrected chi connectivity index (χ2v) is 7.32. The Morgan fingerprint density at radius 2 is 2.00 bits per heavy atom. The number of carbonyl (C=O) groups is 2. The van der Waals surface area contributed by atoms with Crippen LogP contribution in [0, 0.1) is 21.8 Å². The number of nitro benzene ring substituents is 1. The van der Waals surface area contributed by atoms with Crippen LogP contribution < -0.4 is 16.0 Å². The molecule has 0 aliphatic carbocycles. The first-order valence-corrected chi connectivity index (χ1v) is 9.98. The van der Waals surface area contributed by atoms with Crippen molar-refractivity contribution in [2.45, 2.75) is 12.8 Å². The standard InChI is InChI=1S/C21H24FN5O4/c22-16-6-3-7-17(11-16)25-21(29)24-12-15-5-4-10-26(14-15)20(28)13-23-18-8-1-2-9-19(18)27(30)31/h1-3,6-9,11,15,23H,4-5,10,12-14H2,(H2,24,25,29). The maximum atomic E-state index is 13.2. The Bertz CT molecular complexity index is 955. The van der Waals surface area contributed by atoms with Gasteiger partial charge in [0.2, 0.25) is 5.91 Å². The van der Waals surface area contributed by atoms with E-state index in [1.807, 2.05) is 0 Å². The number of para-hydroxylation sites is 2. The lowest BCUT2D eigenvalue weighted by Gasteiger charge is -2.33. The van der Waals surface area contributed by atoms with Crippen LogP contribution in [0.2, 0.25) is 0 Å². The number of halogens is 1. The summed E-state index contributed by atoms with van der Waals surface area (Å²) in [4.78, 5) is 36.9. The molecule has 3 amide bonds. The van der Waals surface area contributed by atoms with E-state index >= 15 is 0 Å². The van der Waals surface area contributed by atoms with Gasteiger partial charge in [0.1, 0.15) is 11.5 Å². The van der Waals surface area contributed by atoms with Crippen molar-refractivity contribution in [2.75, 3.05) is 36.8 Å². The first kappa shape index (κ1) is 22.0. The summed E-state index contributed by atoms with van der Waals surface area (Å²) in [5.41, 5.74) is 0.574. The highest BCUT2D eigenvalue weighted by molar-refractivity contribution is 5.89. The van der Waals surface area contributed by atoms with Gasteiger partial charge in [-0.05, 0) is 43.0 Å². The summed E-state index contributed by atoms with van der Waals surface area (Å²) in [6.07, 6.45) is 1.66. The van der Waals surface area contributed by atoms with Crippen molar-refractivity contribution in [3.05, 3.63) is 64.5 Å². The minimum absolute atomic E-state index is 0.0505.